The van der Waals surface area contributed by atoms with Crippen LogP contribution in [0.4, 0.5) is 5.69 Å². The lowest BCUT2D eigenvalue weighted by Gasteiger charge is -2.12. The molecule has 3 rings (SSSR count). The second-order valence-electron chi connectivity index (χ2n) is 6.68. The number of carbonyl (C=O) groups excluding carboxylic acids is 2. The molecule has 0 saturated heterocycles. The van der Waals surface area contributed by atoms with Gasteiger partial charge in [0.2, 0.25) is 0 Å². The fourth-order valence-corrected chi connectivity index (χ4v) is 3.03. The lowest BCUT2D eigenvalue weighted by molar-refractivity contribution is -0.635. The lowest BCUT2D eigenvalue weighted by atomic mass is 10.1. The van der Waals surface area contributed by atoms with Gasteiger partial charge in [-0.05, 0) is 36.8 Å². The third-order valence-corrected chi connectivity index (χ3v) is 4.80. The van der Waals surface area contributed by atoms with Gasteiger partial charge >= 0.3 is 17.6 Å². The summed E-state index contributed by atoms with van der Waals surface area (Å²) in [6.45, 7) is 3.61. The third-order valence-electron chi connectivity index (χ3n) is 4.55. The highest BCUT2D eigenvalue weighted by molar-refractivity contribution is 6.30. The number of anilines is 1. The highest BCUT2D eigenvalue weighted by atomic mass is 35.5. The third kappa shape index (κ3) is 4.28. The van der Waals surface area contributed by atoms with E-state index >= 15 is 0 Å². The number of esters is 1. The van der Waals surface area contributed by atoms with Gasteiger partial charge in [-0.15, -0.1) is 4.73 Å². The van der Waals surface area contributed by atoms with Crippen molar-refractivity contribution in [3.05, 3.63) is 74.9 Å². The van der Waals surface area contributed by atoms with Crippen LogP contribution >= 0.6 is 11.6 Å². The Morgan fingerprint density at radius 2 is 1.77 bits per heavy atom. The molecule has 0 aliphatic rings. The molecule has 2 aromatic carbocycles. The number of carbonyl (C=O) groups is 2. The first-order valence-corrected chi connectivity index (χ1v) is 9.74. The SMILES string of the molecule is CCCCOC(=O)c1ccc2c(c1)[n+]([O-])c(C(=O)Nc1ccc(Cl)cc1)c(C)[n+]2[O-]. The molecule has 156 valence electrons. The molecule has 1 aromatic heterocycles. The van der Waals surface area contributed by atoms with Crippen molar-refractivity contribution >= 4 is 40.2 Å². The van der Waals surface area contributed by atoms with Gasteiger partial charge in [-0.25, -0.2) is 4.79 Å². The highest BCUT2D eigenvalue weighted by Crippen LogP contribution is 2.16. The van der Waals surface area contributed by atoms with Gasteiger partial charge in [0.1, 0.15) is 0 Å². The first-order chi connectivity index (χ1) is 14.3. The summed E-state index contributed by atoms with van der Waals surface area (Å²) in [6, 6.07) is 10.3. The monoisotopic (exact) mass is 429 g/mol. The average molecular weight is 430 g/mol. The predicted molar refractivity (Wildman–Crippen MR) is 111 cm³/mol. The molecule has 0 bridgehead atoms. The maximum Gasteiger partial charge on any atom is 0.351 e. The van der Waals surface area contributed by atoms with Crippen molar-refractivity contribution in [3.8, 4) is 0 Å². The number of benzene rings is 2. The van der Waals surface area contributed by atoms with Crippen LogP contribution in [0, 0.1) is 17.3 Å². The van der Waals surface area contributed by atoms with Crippen LogP contribution in [0.25, 0.3) is 11.0 Å². The summed E-state index contributed by atoms with van der Waals surface area (Å²) in [5.74, 6) is -1.36. The lowest BCUT2D eigenvalue weighted by Crippen LogP contribution is -2.47. The largest absolute Gasteiger partial charge is 0.618 e. The van der Waals surface area contributed by atoms with Crippen LogP contribution in [0.5, 0.6) is 0 Å². The summed E-state index contributed by atoms with van der Waals surface area (Å²) in [7, 11) is 0. The Balaban J connectivity index is 2.00. The summed E-state index contributed by atoms with van der Waals surface area (Å²) in [6.07, 6.45) is 1.59. The molecule has 0 radical (unpaired) electrons. The van der Waals surface area contributed by atoms with Crippen LogP contribution in [0.1, 0.15) is 46.3 Å². The zero-order valence-electron chi connectivity index (χ0n) is 16.5. The number of hydrogen-bond donors (Lipinski definition) is 1. The number of unbranched alkanes of at least 4 members (excludes halogenated alkanes) is 1. The van der Waals surface area contributed by atoms with Crippen LogP contribution in [-0.4, -0.2) is 18.5 Å². The van der Waals surface area contributed by atoms with E-state index in [1.165, 1.54) is 25.1 Å². The van der Waals surface area contributed by atoms with E-state index in [4.69, 9.17) is 16.3 Å². The number of ether oxygens (including phenoxy) is 1. The van der Waals surface area contributed by atoms with E-state index < -0.39 is 11.9 Å². The van der Waals surface area contributed by atoms with Crippen molar-refractivity contribution < 1.29 is 23.8 Å². The minimum atomic E-state index is -0.757. The van der Waals surface area contributed by atoms with E-state index in [0.29, 0.717) is 20.2 Å². The summed E-state index contributed by atoms with van der Waals surface area (Å²) in [5, 5.41) is 28.7. The minimum Gasteiger partial charge on any atom is -0.618 e. The standard InChI is InChI=1S/C21H20ClN3O5/c1-3-4-11-30-21(27)14-5-10-17-18(12-14)25(29)19(13(2)24(17)28)20(26)23-16-8-6-15(22)7-9-16/h5-10,12H,3-4,11H2,1-2H3,(H,23,26). The zero-order valence-corrected chi connectivity index (χ0v) is 17.2. The summed E-state index contributed by atoms with van der Waals surface area (Å²) in [4.78, 5) is 24.9. The minimum absolute atomic E-state index is 0.0376. The fourth-order valence-electron chi connectivity index (χ4n) is 2.90. The molecule has 0 aliphatic heterocycles. The van der Waals surface area contributed by atoms with Gasteiger partial charge in [0.05, 0.1) is 12.2 Å². The van der Waals surface area contributed by atoms with E-state index in [0.717, 1.165) is 12.8 Å². The molecule has 0 fully saturated rings. The zero-order chi connectivity index (χ0) is 21.8. The van der Waals surface area contributed by atoms with E-state index in [9.17, 15) is 20.0 Å². The number of halogens is 1. The topological polar surface area (TPSA) is 109 Å². The van der Waals surface area contributed by atoms with Crippen LogP contribution in [0.2, 0.25) is 5.02 Å². The Kier molecular flexibility index (Phi) is 6.37. The number of hydrogen-bond acceptors (Lipinski definition) is 5. The van der Waals surface area contributed by atoms with Crippen LogP contribution < -0.4 is 14.8 Å². The number of rotatable bonds is 6. The fraction of sp³-hybridized carbons (Fsp3) is 0.238. The second-order valence-corrected chi connectivity index (χ2v) is 7.11. The Morgan fingerprint density at radius 1 is 1.07 bits per heavy atom. The highest BCUT2D eigenvalue weighted by Gasteiger charge is 2.31. The van der Waals surface area contributed by atoms with Gasteiger partial charge in [0, 0.05) is 29.8 Å². The predicted octanol–water partition coefficient (Wildman–Crippen LogP) is 3.28. The molecule has 0 atom stereocenters. The summed E-state index contributed by atoms with van der Waals surface area (Å²) < 4.78 is 6.00. The van der Waals surface area contributed by atoms with Crippen LogP contribution in [0.15, 0.2) is 42.5 Å². The molecule has 0 saturated carbocycles. The summed E-state index contributed by atoms with van der Waals surface area (Å²) in [5.41, 5.74) is 0.0225. The van der Waals surface area contributed by atoms with Crippen molar-refractivity contribution in [2.45, 2.75) is 26.7 Å². The summed E-state index contributed by atoms with van der Waals surface area (Å²) >= 11 is 5.83. The maximum atomic E-state index is 13.0. The molecule has 3 aromatic rings. The van der Waals surface area contributed by atoms with Gasteiger partial charge in [0.15, 0.2) is 0 Å². The van der Waals surface area contributed by atoms with Crippen molar-refractivity contribution in [1.29, 1.82) is 0 Å². The first kappa shape index (κ1) is 21.3. The molecule has 0 unspecified atom stereocenters. The van der Waals surface area contributed by atoms with E-state index in [2.05, 4.69) is 5.32 Å². The molecular weight excluding hydrogens is 410 g/mol. The normalized spacial score (nSPS) is 10.8. The van der Waals surface area contributed by atoms with Crippen molar-refractivity contribution in [3.63, 3.8) is 0 Å². The Morgan fingerprint density at radius 3 is 2.43 bits per heavy atom. The number of nitrogens with one attached hydrogen (secondary N) is 1. The number of nitrogens with zero attached hydrogens (tertiary/aromatic N) is 2. The number of fused-ring (bicyclic) bond motifs is 1. The average Bonchev–Trinajstić information content (AvgIpc) is 2.73. The Hall–Kier alpha value is -3.39. The van der Waals surface area contributed by atoms with Crippen molar-refractivity contribution in [1.82, 2.24) is 0 Å². The Bertz CT molecular complexity index is 1120. The van der Waals surface area contributed by atoms with Gasteiger partial charge in [0.25, 0.3) is 16.7 Å². The molecular formula is C21H20ClN3O5. The van der Waals surface area contributed by atoms with E-state index in [-0.39, 0.29) is 34.6 Å². The van der Waals surface area contributed by atoms with Gasteiger partial charge in [-0.3, -0.25) is 4.79 Å². The first-order valence-electron chi connectivity index (χ1n) is 9.37. The molecule has 1 amide bonds. The molecule has 30 heavy (non-hydrogen) atoms. The number of amides is 1. The second kappa shape index (κ2) is 8.96. The van der Waals surface area contributed by atoms with E-state index in [1.807, 2.05) is 6.92 Å². The molecule has 0 aliphatic carbocycles. The van der Waals surface area contributed by atoms with Crippen molar-refractivity contribution in [2.24, 2.45) is 0 Å². The maximum absolute atomic E-state index is 13.0. The number of aromatic nitrogens is 2. The molecule has 9 heteroatoms. The molecule has 8 nitrogen and oxygen atoms in total. The van der Waals surface area contributed by atoms with Crippen LogP contribution in [0.3, 0.4) is 0 Å². The van der Waals surface area contributed by atoms with Gasteiger partial charge in [-0.2, -0.15) is 4.73 Å². The van der Waals surface area contributed by atoms with Crippen LogP contribution in [-0.2, 0) is 4.74 Å². The Labute approximate surface area is 177 Å². The smallest absolute Gasteiger partial charge is 0.351 e. The van der Waals surface area contributed by atoms with E-state index in [1.54, 1.807) is 24.3 Å². The van der Waals surface area contributed by atoms with Gasteiger partial charge < -0.3 is 20.5 Å². The molecule has 0 spiro atoms. The quantitative estimate of drug-likeness (QED) is 0.280. The molecule has 1 heterocycles. The molecule has 1 N–H and O–H groups in total. The van der Waals surface area contributed by atoms with Gasteiger partial charge in [-0.1, -0.05) is 24.9 Å². The van der Waals surface area contributed by atoms with Crippen molar-refractivity contribution in [2.75, 3.05) is 11.9 Å².